The number of halogens is 2. The predicted molar refractivity (Wildman–Crippen MR) is 87.5 cm³/mol. The molecule has 0 aliphatic carbocycles. The van der Waals surface area contributed by atoms with Crippen LogP contribution in [0.2, 0.25) is 10.0 Å². The molecule has 2 rings (SSSR count). The normalized spacial score (nSPS) is 11.4. The van der Waals surface area contributed by atoms with Crippen molar-refractivity contribution in [1.29, 1.82) is 0 Å². The van der Waals surface area contributed by atoms with Gasteiger partial charge in [0, 0.05) is 22.3 Å². The van der Waals surface area contributed by atoms with Crippen LogP contribution in [0.3, 0.4) is 0 Å². The fraction of sp³-hybridized carbons (Fsp3) is 0.143. The monoisotopic (exact) mass is 344 g/mol. The molecule has 21 heavy (non-hydrogen) atoms. The minimum absolute atomic E-state index is 0.0456. The molecule has 0 fully saturated rings. The summed E-state index contributed by atoms with van der Waals surface area (Å²) >= 11 is 11.8. The maximum atomic E-state index is 12.7. The molecule has 0 unspecified atom stereocenters. The molecular formula is C14H14Cl2N2O2S. The average molecular weight is 345 g/mol. The van der Waals surface area contributed by atoms with Gasteiger partial charge in [0.2, 0.25) is 0 Å². The first-order chi connectivity index (χ1) is 9.84. The summed E-state index contributed by atoms with van der Waals surface area (Å²) in [6.07, 6.45) is 0. The van der Waals surface area contributed by atoms with E-state index in [0.29, 0.717) is 11.4 Å². The van der Waals surface area contributed by atoms with E-state index < -0.39 is 10.0 Å². The summed E-state index contributed by atoms with van der Waals surface area (Å²) in [7, 11) is -3.76. The van der Waals surface area contributed by atoms with Crippen molar-refractivity contribution in [2.45, 2.75) is 11.8 Å². The zero-order chi connectivity index (χ0) is 15.6. The summed E-state index contributed by atoms with van der Waals surface area (Å²) in [5, 5.41) is 0.536. The summed E-state index contributed by atoms with van der Waals surface area (Å²) in [4.78, 5) is 0.0456. The Morgan fingerprint density at radius 2 is 1.71 bits per heavy atom. The molecule has 0 radical (unpaired) electrons. The van der Waals surface area contributed by atoms with Crippen LogP contribution >= 0.6 is 23.2 Å². The van der Waals surface area contributed by atoms with Gasteiger partial charge in [0.15, 0.2) is 0 Å². The van der Waals surface area contributed by atoms with Gasteiger partial charge in [-0.1, -0.05) is 29.3 Å². The van der Waals surface area contributed by atoms with Crippen molar-refractivity contribution in [2.75, 3.05) is 16.6 Å². The van der Waals surface area contributed by atoms with Crippen molar-refractivity contribution in [3.8, 4) is 0 Å². The highest BCUT2D eigenvalue weighted by atomic mass is 35.5. The van der Waals surface area contributed by atoms with E-state index in [-0.39, 0.29) is 21.5 Å². The third kappa shape index (κ3) is 3.43. The van der Waals surface area contributed by atoms with Crippen LogP contribution in [0.1, 0.15) is 6.92 Å². The summed E-state index contributed by atoms with van der Waals surface area (Å²) in [5.74, 6) is 0. The van der Waals surface area contributed by atoms with Crippen LogP contribution in [0.15, 0.2) is 47.4 Å². The van der Waals surface area contributed by atoms with Gasteiger partial charge in [0.1, 0.15) is 0 Å². The smallest absolute Gasteiger partial charge is 0.264 e. The molecule has 0 aromatic heterocycles. The number of hydrogen-bond donors (Lipinski definition) is 1. The maximum Gasteiger partial charge on any atom is 0.264 e. The fourth-order valence-corrected chi connectivity index (χ4v) is 4.17. The SMILES string of the molecule is CCN(c1cccc(N)c1)S(=O)(=O)c1cc(Cl)cc(Cl)c1. The molecule has 0 saturated carbocycles. The van der Waals surface area contributed by atoms with Crippen molar-refractivity contribution in [3.05, 3.63) is 52.5 Å². The molecule has 0 atom stereocenters. The lowest BCUT2D eigenvalue weighted by atomic mass is 10.3. The zero-order valence-corrected chi connectivity index (χ0v) is 13.6. The van der Waals surface area contributed by atoms with E-state index in [1.54, 1.807) is 31.2 Å². The van der Waals surface area contributed by atoms with Gasteiger partial charge < -0.3 is 5.73 Å². The Kier molecular flexibility index (Phi) is 4.66. The molecule has 7 heteroatoms. The summed E-state index contributed by atoms with van der Waals surface area (Å²) in [6, 6.07) is 10.9. The van der Waals surface area contributed by atoms with Gasteiger partial charge in [-0.05, 0) is 43.3 Å². The van der Waals surface area contributed by atoms with E-state index in [9.17, 15) is 8.42 Å². The highest BCUT2D eigenvalue weighted by molar-refractivity contribution is 7.92. The first-order valence-electron chi connectivity index (χ1n) is 6.19. The van der Waals surface area contributed by atoms with Crippen LogP contribution in [0, 0.1) is 0 Å². The van der Waals surface area contributed by atoms with E-state index in [0.717, 1.165) is 0 Å². The first kappa shape index (κ1) is 15.9. The molecular weight excluding hydrogens is 331 g/mol. The molecule has 4 nitrogen and oxygen atoms in total. The van der Waals surface area contributed by atoms with E-state index in [4.69, 9.17) is 28.9 Å². The standard InChI is InChI=1S/C14H14Cl2N2O2S/c1-2-18(13-5-3-4-12(17)9-13)21(19,20)14-7-10(15)6-11(16)8-14/h3-9H,2,17H2,1H3. The largest absolute Gasteiger partial charge is 0.399 e. The quantitative estimate of drug-likeness (QED) is 0.858. The lowest BCUT2D eigenvalue weighted by molar-refractivity contribution is 0.592. The van der Waals surface area contributed by atoms with Crippen LogP contribution in [0.4, 0.5) is 11.4 Å². The molecule has 0 aliphatic heterocycles. The van der Waals surface area contributed by atoms with Gasteiger partial charge in [0.05, 0.1) is 10.6 Å². The second-order valence-electron chi connectivity index (χ2n) is 4.37. The number of benzene rings is 2. The molecule has 2 N–H and O–H groups in total. The Bertz CT molecular complexity index is 743. The number of rotatable bonds is 4. The van der Waals surface area contributed by atoms with Crippen molar-refractivity contribution in [3.63, 3.8) is 0 Å². The van der Waals surface area contributed by atoms with Crippen LogP contribution in [0.25, 0.3) is 0 Å². The molecule has 2 aromatic carbocycles. The van der Waals surface area contributed by atoms with Crippen molar-refractivity contribution in [2.24, 2.45) is 0 Å². The zero-order valence-electron chi connectivity index (χ0n) is 11.3. The highest BCUT2D eigenvalue weighted by Gasteiger charge is 2.24. The predicted octanol–water partition coefficient (Wildman–Crippen LogP) is 3.79. The minimum atomic E-state index is -3.76. The van der Waals surface area contributed by atoms with Crippen LogP contribution < -0.4 is 10.0 Å². The number of sulfonamides is 1. The van der Waals surface area contributed by atoms with E-state index in [1.165, 1.54) is 22.5 Å². The van der Waals surface area contributed by atoms with Crippen LogP contribution in [-0.2, 0) is 10.0 Å². The maximum absolute atomic E-state index is 12.7. The number of anilines is 2. The molecule has 112 valence electrons. The second-order valence-corrected chi connectivity index (χ2v) is 7.11. The summed E-state index contributed by atoms with van der Waals surface area (Å²) < 4.78 is 26.8. The molecule has 0 aliphatic rings. The van der Waals surface area contributed by atoms with Crippen LogP contribution in [-0.4, -0.2) is 15.0 Å². The lowest BCUT2D eigenvalue weighted by Crippen LogP contribution is -2.30. The molecule has 0 saturated heterocycles. The molecule has 0 bridgehead atoms. The third-order valence-corrected chi connectivity index (χ3v) is 5.19. The summed E-state index contributed by atoms with van der Waals surface area (Å²) in [5.41, 5.74) is 6.70. The Hall–Kier alpha value is -1.43. The number of nitrogens with two attached hydrogens (primary N) is 1. The number of nitrogens with zero attached hydrogens (tertiary/aromatic N) is 1. The highest BCUT2D eigenvalue weighted by Crippen LogP contribution is 2.28. The number of hydrogen-bond acceptors (Lipinski definition) is 3. The molecule has 0 heterocycles. The topological polar surface area (TPSA) is 63.4 Å². The lowest BCUT2D eigenvalue weighted by Gasteiger charge is -2.23. The first-order valence-corrected chi connectivity index (χ1v) is 8.38. The Labute approximate surface area is 134 Å². The molecule has 2 aromatic rings. The van der Waals surface area contributed by atoms with Crippen molar-refractivity contribution >= 4 is 44.6 Å². The van der Waals surface area contributed by atoms with E-state index in [1.807, 2.05) is 0 Å². The fourth-order valence-electron chi connectivity index (χ4n) is 1.98. The average Bonchev–Trinajstić information content (AvgIpc) is 2.38. The van der Waals surface area contributed by atoms with Gasteiger partial charge >= 0.3 is 0 Å². The van der Waals surface area contributed by atoms with Gasteiger partial charge in [-0.3, -0.25) is 4.31 Å². The van der Waals surface area contributed by atoms with Gasteiger partial charge in [-0.25, -0.2) is 8.42 Å². The molecule has 0 spiro atoms. The van der Waals surface area contributed by atoms with Crippen molar-refractivity contribution in [1.82, 2.24) is 0 Å². The third-order valence-electron chi connectivity index (χ3n) is 2.87. The Balaban J connectivity index is 2.54. The van der Waals surface area contributed by atoms with Gasteiger partial charge in [-0.2, -0.15) is 0 Å². The Morgan fingerprint density at radius 1 is 1.10 bits per heavy atom. The van der Waals surface area contributed by atoms with Crippen molar-refractivity contribution < 1.29 is 8.42 Å². The Morgan fingerprint density at radius 3 is 2.24 bits per heavy atom. The van der Waals surface area contributed by atoms with E-state index in [2.05, 4.69) is 0 Å². The number of nitrogen functional groups attached to an aromatic ring is 1. The summed E-state index contributed by atoms with van der Waals surface area (Å²) in [6.45, 7) is 2.00. The minimum Gasteiger partial charge on any atom is -0.399 e. The van der Waals surface area contributed by atoms with Gasteiger partial charge in [-0.15, -0.1) is 0 Å². The van der Waals surface area contributed by atoms with E-state index >= 15 is 0 Å². The second kappa shape index (κ2) is 6.13. The van der Waals surface area contributed by atoms with Crippen LogP contribution in [0.5, 0.6) is 0 Å². The van der Waals surface area contributed by atoms with Gasteiger partial charge in [0.25, 0.3) is 10.0 Å². The molecule has 0 amide bonds.